The van der Waals surface area contributed by atoms with Gasteiger partial charge in [-0.3, -0.25) is 0 Å². The predicted octanol–water partition coefficient (Wildman–Crippen LogP) is 1.53. The maximum absolute atomic E-state index is 12.6. The lowest BCUT2D eigenvalue weighted by Gasteiger charge is -2.34. The van der Waals surface area contributed by atoms with Crippen LogP contribution in [0.5, 0.6) is 0 Å². The molecule has 11 heteroatoms. The lowest BCUT2D eigenvalue weighted by molar-refractivity contribution is 0.0985. The SMILES string of the molecule is C[C@@H]1COCCN1c1cc(C2(S(C)(=O)=O)CC2)nc(-n2c(N)nc3cc(C#N)ccc32)n1. The summed E-state index contributed by atoms with van der Waals surface area (Å²) >= 11 is 0. The average molecular weight is 454 g/mol. The molecule has 32 heavy (non-hydrogen) atoms. The molecule has 1 aliphatic heterocycles. The molecule has 0 bridgehead atoms. The quantitative estimate of drug-likeness (QED) is 0.622. The molecule has 1 saturated heterocycles. The zero-order valence-corrected chi connectivity index (χ0v) is 18.6. The number of ether oxygens (including phenoxy) is 1. The minimum atomic E-state index is -3.38. The monoisotopic (exact) mass is 453 g/mol. The highest BCUT2D eigenvalue weighted by Gasteiger charge is 2.55. The van der Waals surface area contributed by atoms with Crippen molar-refractivity contribution in [2.24, 2.45) is 0 Å². The van der Waals surface area contributed by atoms with Crippen LogP contribution in [0.2, 0.25) is 0 Å². The fourth-order valence-corrected chi connectivity index (χ4v) is 5.61. The molecule has 1 aromatic carbocycles. The second kappa shape index (κ2) is 7.15. The Balaban J connectivity index is 1.73. The topological polar surface area (TPSA) is 140 Å². The number of sulfone groups is 1. The van der Waals surface area contributed by atoms with E-state index in [0.717, 1.165) is 0 Å². The third-order valence-corrected chi connectivity index (χ3v) is 8.29. The smallest absolute Gasteiger partial charge is 0.239 e. The minimum absolute atomic E-state index is 0.0720. The van der Waals surface area contributed by atoms with Crippen molar-refractivity contribution >= 4 is 32.6 Å². The van der Waals surface area contributed by atoms with Crippen LogP contribution in [0.15, 0.2) is 24.3 Å². The number of fused-ring (bicyclic) bond motifs is 1. The first-order valence-corrected chi connectivity index (χ1v) is 12.2. The fourth-order valence-electron chi connectivity index (χ4n) is 4.28. The summed E-state index contributed by atoms with van der Waals surface area (Å²) in [6.45, 7) is 3.78. The molecule has 2 aliphatic rings. The van der Waals surface area contributed by atoms with Crippen molar-refractivity contribution in [3.8, 4) is 12.0 Å². The first-order chi connectivity index (χ1) is 15.2. The van der Waals surface area contributed by atoms with E-state index in [1.165, 1.54) is 6.26 Å². The summed E-state index contributed by atoms with van der Waals surface area (Å²) in [5.41, 5.74) is 8.35. The van der Waals surface area contributed by atoms with Crippen LogP contribution in [0, 0.1) is 11.3 Å². The Kier molecular flexibility index (Phi) is 4.61. The Bertz CT molecular complexity index is 1370. The Labute approximate surface area is 185 Å². The van der Waals surface area contributed by atoms with Gasteiger partial charge in [0.05, 0.1) is 47.6 Å². The molecule has 0 amide bonds. The molecule has 2 fully saturated rings. The van der Waals surface area contributed by atoms with Crippen molar-refractivity contribution in [3.63, 3.8) is 0 Å². The third kappa shape index (κ3) is 3.18. The molecule has 0 unspecified atom stereocenters. The number of anilines is 2. The summed E-state index contributed by atoms with van der Waals surface area (Å²) in [5.74, 6) is 1.05. The summed E-state index contributed by atoms with van der Waals surface area (Å²) in [6, 6.07) is 9.01. The highest BCUT2D eigenvalue weighted by molar-refractivity contribution is 7.91. The number of morpholine rings is 1. The fraction of sp³-hybridized carbons (Fsp3) is 0.429. The summed E-state index contributed by atoms with van der Waals surface area (Å²) < 4.78 is 31.4. The van der Waals surface area contributed by atoms with Crippen LogP contribution in [-0.2, 0) is 19.3 Å². The van der Waals surface area contributed by atoms with Gasteiger partial charge in [-0.1, -0.05) is 0 Å². The molecular weight excluding hydrogens is 430 g/mol. The van der Waals surface area contributed by atoms with Gasteiger partial charge in [0.2, 0.25) is 11.9 Å². The Morgan fingerprint density at radius 1 is 1.25 bits per heavy atom. The molecule has 2 N–H and O–H groups in total. The van der Waals surface area contributed by atoms with Gasteiger partial charge in [0.15, 0.2) is 9.84 Å². The molecular formula is C21H23N7O3S. The maximum atomic E-state index is 12.6. The Morgan fingerprint density at radius 2 is 2.03 bits per heavy atom. The number of hydrogen-bond donors (Lipinski definition) is 1. The molecule has 166 valence electrons. The van der Waals surface area contributed by atoms with Gasteiger partial charge in [-0.05, 0) is 38.0 Å². The van der Waals surface area contributed by atoms with E-state index in [4.69, 9.17) is 15.5 Å². The van der Waals surface area contributed by atoms with E-state index in [1.54, 1.807) is 28.8 Å². The molecule has 1 atom stereocenters. The number of nitriles is 1. The first kappa shape index (κ1) is 20.7. The number of hydrogen-bond acceptors (Lipinski definition) is 9. The van der Waals surface area contributed by atoms with Crippen molar-refractivity contribution in [2.75, 3.05) is 36.6 Å². The Hall–Kier alpha value is -3.23. The number of benzene rings is 1. The molecule has 10 nitrogen and oxygen atoms in total. The molecule has 0 radical (unpaired) electrons. The van der Waals surface area contributed by atoms with Crippen molar-refractivity contribution < 1.29 is 13.2 Å². The molecule has 3 heterocycles. The Morgan fingerprint density at radius 3 is 2.69 bits per heavy atom. The van der Waals surface area contributed by atoms with Gasteiger partial charge in [0.25, 0.3) is 0 Å². The van der Waals surface area contributed by atoms with Crippen molar-refractivity contribution in [2.45, 2.75) is 30.6 Å². The lowest BCUT2D eigenvalue weighted by Crippen LogP contribution is -2.44. The van der Waals surface area contributed by atoms with Gasteiger partial charge < -0.3 is 15.4 Å². The maximum Gasteiger partial charge on any atom is 0.239 e. The van der Waals surface area contributed by atoms with Gasteiger partial charge in [0.1, 0.15) is 10.6 Å². The van der Waals surface area contributed by atoms with E-state index in [1.807, 2.05) is 6.92 Å². The third-order valence-electron chi connectivity index (χ3n) is 6.25. The summed E-state index contributed by atoms with van der Waals surface area (Å²) in [5, 5.41) is 9.19. The number of rotatable bonds is 4. The number of nitrogens with two attached hydrogens (primary N) is 1. The van der Waals surface area contributed by atoms with Crippen LogP contribution in [-0.4, -0.2) is 60.0 Å². The van der Waals surface area contributed by atoms with Crippen LogP contribution in [0.1, 0.15) is 31.0 Å². The van der Waals surface area contributed by atoms with Crippen LogP contribution in [0.3, 0.4) is 0 Å². The average Bonchev–Trinajstić information content (AvgIpc) is 3.51. The molecule has 5 rings (SSSR count). The van der Waals surface area contributed by atoms with E-state index in [0.29, 0.717) is 60.7 Å². The van der Waals surface area contributed by atoms with Crippen LogP contribution in [0.4, 0.5) is 11.8 Å². The van der Waals surface area contributed by atoms with Crippen molar-refractivity contribution in [1.82, 2.24) is 19.5 Å². The largest absolute Gasteiger partial charge is 0.377 e. The van der Waals surface area contributed by atoms with Crippen molar-refractivity contribution in [3.05, 3.63) is 35.5 Å². The summed E-state index contributed by atoms with van der Waals surface area (Å²) in [6.07, 6.45) is 2.29. The van der Waals surface area contributed by atoms with Crippen LogP contribution >= 0.6 is 0 Å². The van der Waals surface area contributed by atoms with E-state index in [9.17, 15) is 13.7 Å². The van der Waals surface area contributed by atoms with Gasteiger partial charge >= 0.3 is 0 Å². The molecule has 0 spiro atoms. The summed E-state index contributed by atoms with van der Waals surface area (Å²) in [7, 11) is -3.38. The number of imidazole rings is 1. The number of aromatic nitrogens is 4. The minimum Gasteiger partial charge on any atom is -0.377 e. The molecule has 1 saturated carbocycles. The second-order valence-electron chi connectivity index (χ2n) is 8.42. The van der Waals surface area contributed by atoms with E-state index >= 15 is 0 Å². The molecule has 2 aromatic heterocycles. The van der Waals surface area contributed by atoms with Gasteiger partial charge in [0, 0.05) is 18.9 Å². The normalized spacial score (nSPS) is 20.3. The first-order valence-electron chi connectivity index (χ1n) is 10.4. The summed E-state index contributed by atoms with van der Waals surface area (Å²) in [4.78, 5) is 15.9. The highest BCUT2D eigenvalue weighted by Crippen LogP contribution is 2.52. The zero-order chi connectivity index (χ0) is 22.7. The second-order valence-corrected chi connectivity index (χ2v) is 10.7. The van der Waals surface area contributed by atoms with Gasteiger partial charge in [-0.2, -0.15) is 10.2 Å². The van der Waals surface area contributed by atoms with E-state index in [-0.39, 0.29) is 17.9 Å². The molecule has 3 aromatic rings. The standard InChI is InChI=1S/C21H23N7O3S/c1-13-12-31-8-7-27(13)18-10-17(21(5-6-21)32(2,29)30)25-20(26-18)28-16-4-3-14(11-22)9-15(16)24-19(28)23/h3-4,9-10,13H,5-8,12H2,1-2H3,(H2,23,24)/t13-/m1/s1. The highest BCUT2D eigenvalue weighted by atomic mass is 32.2. The van der Waals surface area contributed by atoms with Crippen LogP contribution in [0.25, 0.3) is 17.0 Å². The van der Waals surface area contributed by atoms with Crippen molar-refractivity contribution in [1.29, 1.82) is 5.26 Å². The van der Waals surface area contributed by atoms with E-state index < -0.39 is 14.6 Å². The van der Waals surface area contributed by atoms with Gasteiger partial charge in [-0.25, -0.2) is 23.0 Å². The van der Waals surface area contributed by atoms with Crippen LogP contribution < -0.4 is 10.6 Å². The molecule has 1 aliphatic carbocycles. The van der Waals surface area contributed by atoms with E-state index in [2.05, 4.69) is 20.9 Å². The number of nitrogens with zero attached hydrogens (tertiary/aromatic N) is 6. The zero-order valence-electron chi connectivity index (χ0n) is 17.8. The lowest BCUT2D eigenvalue weighted by atomic mass is 10.2. The van der Waals surface area contributed by atoms with Gasteiger partial charge in [-0.15, -0.1) is 0 Å². The number of nitrogen functional groups attached to an aromatic ring is 1. The predicted molar refractivity (Wildman–Crippen MR) is 119 cm³/mol.